The molecule has 6 nitrogen and oxygen atoms in total. The monoisotopic (exact) mass is 260 g/mol. The van der Waals surface area contributed by atoms with Crippen molar-refractivity contribution in [2.24, 2.45) is 0 Å². The molecule has 0 aliphatic rings. The number of nitrogens with one attached hydrogen (secondary N) is 1. The minimum atomic E-state index is -0.363. The molecular formula is C13H16N4O2. The smallest absolute Gasteiger partial charge is 0.274 e. The van der Waals surface area contributed by atoms with Gasteiger partial charge in [0.1, 0.15) is 0 Å². The molecule has 0 aliphatic heterocycles. The topological polar surface area (TPSA) is 73.0 Å². The highest BCUT2D eigenvalue weighted by molar-refractivity contribution is 5.39. The number of para-hydroxylation sites is 1. The van der Waals surface area contributed by atoms with Crippen molar-refractivity contribution in [3.8, 4) is 0 Å². The van der Waals surface area contributed by atoms with E-state index in [1.54, 1.807) is 29.1 Å². The molecule has 0 saturated carbocycles. The zero-order valence-corrected chi connectivity index (χ0v) is 10.7. The lowest BCUT2D eigenvalue weighted by Gasteiger charge is -2.03. The lowest BCUT2D eigenvalue weighted by molar-refractivity contribution is -0.385. The number of hydrogen-bond acceptors (Lipinski definition) is 4. The number of nitrogens with zero attached hydrogens (tertiary/aromatic N) is 3. The second-order valence-electron chi connectivity index (χ2n) is 4.21. The molecular weight excluding hydrogens is 244 g/mol. The van der Waals surface area contributed by atoms with Crippen LogP contribution in [0.1, 0.15) is 18.1 Å². The van der Waals surface area contributed by atoms with E-state index < -0.39 is 0 Å². The summed E-state index contributed by atoms with van der Waals surface area (Å²) >= 11 is 0. The summed E-state index contributed by atoms with van der Waals surface area (Å²) in [5.41, 5.74) is 1.86. The number of rotatable bonds is 6. The van der Waals surface area contributed by atoms with Crippen LogP contribution in [0.3, 0.4) is 0 Å². The maximum atomic E-state index is 10.9. The van der Waals surface area contributed by atoms with Gasteiger partial charge in [-0.25, -0.2) is 0 Å². The van der Waals surface area contributed by atoms with Crippen molar-refractivity contribution < 1.29 is 4.92 Å². The fraction of sp³-hybridized carbons (Fsp3) is 0.308. The number of hydrogen-bond donors (Lipinski definition) is 1. The average Bonchev–Trinajstić information content (AvgIpc) is 2.84. The highest BCUT2D eigenvalue weighted by atomic mass is 16.6. The van der Waals surface area contributed by atoms with E-state index in [9.17, 15) is 10.1 Å². The molecule has 6 heteroatoms. The van der Waals surface area contributed by atoms with Crippen molar-refractivity contribution in [3.63, 3.8) is 0 Å². The fourth-order valence-corrected chi connectivity index (χ4v) is 1.85. The van der Waals surface area contributed by atoms with Gasteiger partial charge in [0.2, 0.25) is 0 Å². The summed E-state index contributed by atoms with van der Waals surface area (Å²) in [4.78, 5) is 10.6. The van der Waals surface area contributed by atoms with Crippen LogP contribution in [-0.2, 0) is 13.1 Å². The second kappa shape index (κ2) is 6.10. The number of benzene rings is 1. The molecule has 0 atom stereocenters. The van der Waals surface area contributed by atoms with Crippen LogP contribution >= 0.6 is 0 Å². The van der Waals surface area contributed by atoms with Crippen LogP contribution in [0.25, 0.3) is 0 Å². The molecule has 0 fully saturated rings. The fourth-order valence-electron chi connectivity index (χ4n) is 1.85. The zero-order valence-electron chi connectivity index (χ0n) is 10.7. The summed E-state index contributed by atoms with van der Waals surface area (Å²) < 4.78 is 1.72. The van der Waals surface area contributed by atoms with Crippen LogP contribution < -0.4 is 5.32 Å². The molecule has 0 saturated heterocycles. The molecule has 0 unspecified atom stereocenters. The summed E-state index contributed by atoms with van der Waals surface area (Å²) in [6, 6.07) is 6.73. The first kappa shape index (κ1) is 13.2. The van der Waals surface area contributed by atoms with Gasteiger partial charge < -0.3 is 5.32 Å². The predicted octanol–water partition coefficient (Wildman–Crippen LogP) is 1.95. The van der Waals surface area contributed by atoms with Crippen molar-refractivity contribution in [3.05, 3.63) is 57.9 Å². The van der Waals surface area contributed by atoms with Crippen LogP contribution in [0.15, 0.2) is 36.7 Å². The third-order valence-electron chi connectivity index (χ3n) is 2.79. The second-order valence-corrected chi connectivity index (χ2v) is 4.21. The largest absolute Gasteiger partial charge is 0.313 e. The summed E-state index contributed by atoms with van der Waals surface area (Å²) in [5, 5.41) is 18.4. The van der Waals surface area contributed by atoms with Gasteiger partial charge >= 0.3 is 0 Å². The Morgan fingerprint density at radius 1 is 1.42 bits per heavy atom. The molecule has 1 N–H and O–H groups in total. The van der Waals surface area contributed by atoms with Gasteiger partial charge in [0.15, 0.2) is 0 Å². The SMILES string of the molecule is CCNCc1cnn(Cc2ccccc2[N+](=O)[O-])c1. The molecule has 1 aromatic heterocycles. The van der Waals surface area contributed by atoms with Gasteiger partial charge in [0, 0.05) is 24.4 Å². The Morgan fingerprint density at radius 3 is 2.95 bits per heavy atom. The van der Waals surface area contributed by atoms with Gasteiger partial charge in [0.05, 0.1) is 23.2 Å². The Bertz CT molecular complexity index is 565. The standard InChI is InChI=1S/C13H16N4O2/c1-2-14-7-11-8-15-16(9-11)10-12-5-3-4-6-13(12)17(18)19/h3-6,8-9,14H,2,7,10H2,1H3. The maximum Gasteiger partial charge on any atom is 0.274 e. The van der Waals surface area contributed by atoms with Crippen LogP contribution in [0.4, 0.5) is 5.69 Å². The average molecular weight is 260 g/mol. The minimum absolute atomic E-state index is 0.131. The summed E-state index contributed by atoms with van der Waals surface area (Å²) in [6.45, 7) is 4.10. The Labute approximate surface area is 111 Å². The first-order valence-corrected chi connectivity index (χ1v) is 6.15. The molecule has 2 aromatic rings. The molecule has 0 radical (unpaired) electrons. The Morgan fingerprint density at radius 2 is 2.21 bits per heavy atom. The minimum Gasteiger partial charge on any atom is -0.313 e. The quantitative estimate of drug-likeness (QED) is 0.636. The van der Waals surface area contributed by atoms with Gasteiger partial charge in [-0.2, -0.15) is 5.10 Å². The summed E-state index contributed by atoms with van der Waals surface area (Å²) in [5.74, 6) is 0. The van der Waals surface area contributed by atoms with E-state index in [0.29, 0.717) is 12.1 Å². The summed E-state index contributed by atoms with van der Waals surface area (Å²) in [7, 11) is 0. The Kier molecular flexibility index (Phi) is 4.25. The molecule has 19 heavy (non-hydrogen) atoms. The van der Waals surface area contributed by atoms with E-state index in [0.717, 1.165) is 18.7 Å². The van der Waals surface area contributed by atoms with E-state index >= 15 is 0 Å². The molecule has 0 amide bonds. The van der Waals surface area contributed by atoms with Gasteiger partial charge in [-0.1, -0.05) is 25.1 Å². The van der Waals surface area contributed by atoms with Crippen LogP contribution in [0, 0.1) is 10.1 Å². The van der Waals surface area contributed by atoms with E-state index in [2.05, 4.69) is 10.4 Å². The number of nitro groups is 1. The number of aromatic nitrogens is 2. The predicted molar refractivity (Wildman–Crippen MR) is 71.8 cm³/mol. The first-order chi connectivity index (χ1) is 9.20. The highest BCUT2D eigenvalue weighted by Crippen LogP contribution is 2.18. The Hall–Kier alpha value is -2.21. The third-order valence-corrected chi connectivity index (χ3v) is 2.79. The van der Waals surface area contributed by atoms with E-state index in [1.807, 2.05) is 13.1 Å². The van der Waals surface area contributed by atoms with Gasteiger partial charge in [-0.05, 0) is 6.54 Å². The van der Waals surface area contributed by atoms with Gasteiger partial charge in [0.25, 0.3) is 5.69 Å². The third kappa shape index (κ3) is 3.38. The molecule has 0 spiro atoms. The maximum absolute atomic E-state index is 10.9. The lowest BCUT2D eigenvalue weighted by Crippen LogP contribution is -2.11. The summed E-state index contributed by atoms with van der Waals surface area (Å²) in [6.07, 6.45) is 3.68. The van der Waals surface area contributed by atoms with Gasteiger partial charge in [-0.3, -0.25) is 14.8 Å². The van der Waals surface area contributed by atoms with Gasteiger partial charge in [-0.15, -0.1) is 0 Å². The molecule has 0 aliphatic carbocycles. The highest BCUT2D eigenvalue weighted by Gasteiger charge is 2.12. The normalized spacial score (nSPS) is 10.6. The van der Waals surface area contributed by atoms with Crippen LogP contribution in [0.5, 0.6) is 0 Å². The molecule has 2 rings (SSSR count). The van der Waals surface area contributed by atoms with Crippen molar-refractivity contribution in [1.29, 1.82) is 0 Å². The van der Waals surface area contributed by atoms with Crippen molar-refractivity contribution in [1.82, 2.24) is 15.1 Å². The van der Waals surface area contributed by atoms with E-state index in [1.165, 1.54) is 6.07 Å². The zero-order chi connectivity index (χ0) is 13.7. The van der Waals surface area contributed by atoms with E-state index in [4.69, 9.17) is 0 Å². The molecule has 0 bridgehead atoms. The van der Waals surface area contributed by atoms with Crippen molar-refractivity contribution >= 4 is 5.69 Å². The molecule has 100 valence electrons. The van der Waals surface area contributed by atoms with Crippen molar-refractivity contribution in [2.45, 2.75) is 20.0 Å². The molecule has 1 aromatic carbocycles. The van der Waals surface area contributed by atoms with Crippen LogP contribution in [0.2, 0.25) is 0 Å². The van der Waals surface area contributed by atoms with E-state index in [-0.39, 0.29) is 10.6 Å². The number of nitro benzene ring substituents is 1. The first-order valence-electron chi connectivity index (χ1n) is 6.15. The Balaban J connectivity index is 2.13. The molecule has 1 heterocycles. The van der Waals surface area contributed by atoms with Crippen LogP contribution in [-0.4, -0.2) is 21.2 Å². The lowest BCUT2D eigenvalue weighted by atomic mass is 10.2. The van der Waals surface area contributed by atoms with Crippen molar-refractivity contribution in [2.75, 3.05) is 6.54 Å².